The van der Waals surface area contributed by atoms with E-state index in [4.69, 9.17) is 0 Å². The molecule has 1 aromatic heterocycles. The predicted molar refractivity (Wildman–Crippen MR) is 113 cm³/mol. The smallest absolute Gasteiger partial charge is 0.191 e. The summed E-state index contributed by atoms with van der Waals surface area (Å²) in [5.74, 6) is 1.49. The van der Waals surface area contributed by atoms with Gasteiger partial charge < -0.3 is 10.6 Å². The Bertz CT molecular complexity index is 664. The molecule has 4 nitrogen and oxygen atoms in total. The van der Waals surface area contributed by atoms with Crippen molar-refractivity contribution in [2.45, 2.75) is 45.7 Å². The van der Waals surface area contributed by atoms with Crippen LogP contribution in [0.2, 0.25) is 0 Å². The lowest BCUT2D eigenvalue weighted by Crippen LogP contribution is -2.39. The van der Waals surface area contributed by atoms with Gasteiger partial charge in [-0.25, -0.2) is 9.98 Å². The van der Waals surface area contributed by atoms with Crippen LogP contribution in [0.25, 0.3) is 0 Å². The van der Waals surface area contributed by atoms with E-state index in [9.17, 15) is 0 Å². The normalized spacial score (nSPS) is 19.5. The van der Waals surface area contributed by atoms with Crippen molar-refractivity contribution >= 4 is 41.3 Å². The van der Waals surface area contributed by atoms with E-state index >= 15 is 0 Å². The molecule has 2 atom stereocenters. The molecule has 1 fully saturated rings. The molecule has 0 saturated heterocycles. The summed E-state index contributed by atoms with van der Waals surface area (Å²) in [4.78, 5) is 10.5. The molecule has 0 amide bonds. The highest BCUT2D eigenvalue weighted by atomic mass is 127. The summed E-state index contributed by atoms with van der Waals surface area (Å²) in [6, 6.07) is 11.2. The Labute approximate surface area is 165 Å². The summed E-state index contributed by atoms with van der Waals surface area (Å²) >= 11 is 1.73. The van der Waals surface area contributed by atoms with E-state index < -0.39 is 0 Å². The minimum atomic E-state index is 0. The van der Waals surface area contributed by atoms with Crippen LogP contribution in [0, 0.1) is 13.8 Å². The van der Waals surface area contributed by atoms with Gasteiger partial charge in [-0.3, -0.25) is 0 Å². The molecule has 6 heteroatoms. The Morgan fingerprint density at radius 1 is 1.29 bits per heavy atom. The van der Waals surface area contributed by atoms with Gasteiger partial charge in [-0.1, -0.05) is 30.3 Å². The number of nitrogens with one attached hydrogen (secondary N) is 2. The standard InChI is InChI=1S/C18H24N4S.HI/c1-4-19-18(20-11-17-21-12(2)13(3)23-17)22-16-10-15(16)14-8-6-5-7-9-14;/h5-9,15-16H,4,10-11H2,1-3H3,(H2,19,20,22);1H. The molecule has 1 saturated carbocycles. The van der Waals surface area contributed by atoms with Gasteiger partial charge in [0.1, 0.15) is 5.01 Å². The molecule has 3 rings (SSSR count). The fourth-order valence-corrected chi connectivity index (χ4v) is 3.53. The number of benzene rings is 1. The van der Waals surface area contributed by atoms with E-state index in [1.165, 1.54) is 16.9 Å². The maximum atomic E-state index is 4.69. The number of halogens is 1. The van der Waals surface area contributed by atoms with Crippen LogP contribution in [0.5, 0.6) is 0 Å². The molecule has 1 heterocycles. The Morgan fingerprint density at radius 2 is 2.04 bits per heavy atom. The molecule has 1 aromatic carbocycles. The van der Waals surface area contributed by atoms with E-state index in [0.717, 1.165) is 23.2 Å². The summed E-state index contributed by atoms with van der Waals surface area (Å²) in [6.07, 6.45) is 1.17. The largest absolute Gasteiger partial charge is 0.357 e. The zero-order valence-corrected chi connectivity index (χ0v) is 17.5. The summed E-state index contributed by atoms with van der Waals surface area (Å²) in [7, 11) is 0. The van der Waals surface area contributed by atoms with E-state index in [1.807, 2.05) is 0 Å². The lowest BCUT2D eigenvalue weighted by atomic mass is 10.1. The second-order valence-corrected chi connectivity index (χ2v) is 7.24. The first-order chi connectivity index (χ1) is 11.2. The maximum absolute atomic E-state index is 4.69. The van der Waals surface area contributed by atoms with Crippen LogP contribution in [-0.2, 0) is 6.54 Å². The molecule has 24 heavy (non-hydrogen) atoms. The number of rotatable bonds is 5. The second-order valence-electron chi connectivity index (χ2n) is 5.95. The average molecular weight is 456 g/mol. The topological polar surface area (TPSA) is 49.3 Å². The lowest BCUT2D eigenvalue weighted by molar-refractivity contribution is 0.794. The van der Waals surface area contributed by atoms with Gasteiger partial charge in [-0.15, -0.1) is 35.3 Å². The molecule has 2 aromatic rings. The van der Waals surface area contributed by atoms with E-state index in [0.29, 0.717) is 18.5 Å². The van der Waals surface area contributed by atoms with Crippen molar-refractivity contribution in [2.24, 2.45) is 4.99 Å². The van der Waals surface area contributed by atoms with Crippen molar-refractivity contribution in [3.8, 4) is 0 Å². The van der Waals surface area contributed by atoms with Gasteiger partial charge in [-0.05, 0) is 32.8 Å². The van der Waals surface area contributed by atoms with Crippen LogP contribution in [0.1, 0.15) is 40.4 Å². The molecule has 0 radical (unpaired) electrons. The van der Waals surface area contributed by atoms with Gasteiger partial charge in [0.25, 0.3) is 0 Å². The third-order valence-electron chi connectivity index (χ3n) is 4.13. The number of nitrogens with zero attached hydrogens (tertiary/aromatic N) is 2. The Morgan fingerprint density at radius 3 is 2.67 bits per heavy atom. The summed E-state index contributed by atoms with van der Waals surface area (Å²) < 4.78 is 0. The number of thiazole rings is 1. The molecule has 0 bridgehead atoms. The number of aliphatic imine (C=N–C) groups is 1. The molecule has 0 spiro atoms. The molecular formula is C18H25IN4S. The summed E-state index contributed by atoms with van der Waals surface area (Å²) in [5.41, 5.74) is 2.52. The number of aryl methyl sites for hydroxylation is 2. The lowest BCUT2D eigenvalue weighted by Gasteiger charge is -2.11. The predicted octanol–water partition coefficient (Wildman–Crippen LogP) is 3.99. The van der Waals surface area contributed by atoms with Crippen molar-refractivity contribution in [1.82, 2.24) is 15.6 Å². The van der Waals surface area contributed by atoms with Crippen molar-refractivity contribution in [1.29, 1.82) is 0 Å². The number of hydrogen-bond donors (Lipinski definition) is 2. The van der Waals surface area contributed by atoms with Crippen LogP contribution < -0.4 is 10.6 Å². The average Bonchev–Trinajstić information content (AvgIpc) is 3.24. The molecule has 1 aliphatic carbocycles. The fourth-order valence-electron chi connectivity index (χ4n) is 2.67. The monoisotopic (exact) mass is 456 g/mol. The minimum absolute atomic E-state index is 0. The minimum Gasteiger partial charge on any atom is -0.357 e. The first-order valence-electron chi connectivity index (χ1n) is 8.20. The van der Waals surface area contributed by atoms with Gasteiger partial charge in [0, 0.05) is 23.4 Å². The highest BCUT2D eigenvalue weighted by Gasteiger charge is 2.38. The second kappa shape index (κ2) is 8.80. The SMILES string of the molecule is CCNC(=NCc1nc(C)c(C)s1)NC1CC1c1ccccc1.I. The van der Waals surface area contributed by atoms with Crippen LogP contribution >= 0.6 is 35.3 Å². The number of hydrogen-bond acceptors (Lipinski definition) is 3. The zero-order valence-electron chi connectivity index (χ0n) is 14.4. The van der Waals surface area contributed by atoms with E-state index in [1.54, 1.807) is 11.3 Å². The highest BCUT2D eigenvalue weighted by molar-refractivity contribution is 14.0. The van der Waals surface area contributed by atoms with Crippen molar-refractivity contribution in [3.63, 3.8) is 0 Å². The van der Waals surface area contributed by atoms with Crippen LogP contribution in [0.4, 0.5) is 0 Å². The third-order valence-corrected chi connectivity index (χ3v) is 5.19. The first-order valence-corrected chi connectivity index (χ1v) is 9.01. The van der Waals surface area contributed by atoms with E-state index in [2.05, 4.69) is 71.7 Å². The third kappa shape index (κ3) is 4.92. The Kier molecular flexibility index (Phi) is 7.03. The van der Waals surface area contributed by atoms with Crippen LogP contribution in [0.15, 0.2) is 35.3 Å². The fraction of sp³-hybridized carbons (Fsp3) is 0.444. The van der Waals surface area contributed by atoms with Gasteiger partial charge in [0.2, 0.25) is 0 Å². The zero-order chi connectivity index (χ0) is 16.2. The summed E-state index contributed by atoms with van der Waals surface area (Å²) in [5, 5.41) is 7.96. The highest BCUT2D eigenvalue weighted by Crippen LogP contribution is 2.40. The van der Waals surface area contributed by atoms with Gasteiger partial charge in [-0.2, -0.15) is 0 Å². The molecular weight excluding hydrogens is 431 g/mol. The number of guanidine groups is 1. The molecule has 0 aliphatic heterocycles. The van der Waals surface area contributed by atoms with Gasteiger partial charge in [0.15, 0.2) is 5.96 Å². The Balaban J connectivity index is 0.00000208. The summed E-state index contributed by atoms with van der Waals surface area (Å²) in [6.45, 7) is 7.76. The van der Waals surface area contributed by atoms with Gasteiger partial charge >= 0.3 is 0 Å². The van der Waals surface area contributed by atoms with Crippen molar-refractivity contribution in [3.05, 3.63) is 51.5 Å². The Hall–Kier alpha value is -1.15. The van der Waals surface area contributed by atoms with Crippen molar-refractivity contribution in [2.75, 3.05) is 6.54 Å². The van der Waals surface area contributed by atoms with E-state index in [-0.39, 0.29) is 24.0 Å². The molecule has 2 N–H and O–H groups in total. The molecule has 1 aliphatic rings. The molecule has 130 valence electrons. The van der Waals surface area contributed by atoms with Crippen LogP contribution in [0.3, 0.4) is 0 Å². The van der Waals surface area contributed by atoms with Gasteiger partial charge in [0.05, 0.1) is 12.2 Å². The van der Waals surface area contributed by atoms with Crippen molar-refractivity contribution < 1.29 is 0 Å². The first kappa shape index (κ1) is 19.2. The molecule has 2 unspecified atom stereocenters. The van der Waals surface area contributed by atoms with Crippen LogP contribution in [-0.4, -0.2) is 23.5 Å². The number of aromatic nitrogens is 1. The maximum Gasteiger partial charge on any atom is 0.191 e. The quantitative estimate of drug-likeness (QED) is 0.407.